The van der Waals surface area contributed by atoms with Gasteiger partial charge in [0.2, 0.25) is 0 Å². The maximum atomic E-state index is 12.4. The standard InChI is InChI=1S/C17H21N3O/c1-3-10-19-16-7-5-4-6-15(16)17(21)20-13(2)14-8-11-18-12-9-14/h4-9,11-13,19H,3,10H2,1-2H3,(H,20,21). The molecule has 0 radical (unpaired) electrons. The lowest BCUT2D eigenvalue weighted by atomic mass is 10.1. The molecule has 1 aromatic carbocycles. The van der Waals surface area contributed by atoms with E-state index in [0.717, 1.165) is 24.2 Å². The van der Waals surface area contributed by atoms with E-state index in [1.807, 2.05) is 43.3 Å². The SMILES string of the molecule is CCCNc1ccccc1C(=O)NC(C)c1ccncc1. The Labute approximate surface area is 125 Å². The summed E-state index contributed by atoms with van der Waals surface area (Å²) in [5.41, 5.74) is 2.59. The van der Waals surface area contributed by atoms with E-state index in [1.54, 1.807) is 12.4 Å². The summed E-state index contributed by atoms with van der Waals surface area (Å²) >= 11 is 0. The van der Waals surface area contributed by atoms with Crippen LogP contribution in [0.1, 0.15) is 42.2 Å². The quantitative estimate of drug-likeness (QED) is 0.854. The van der Waals surface area contributed by atoms with E-state index in [2.05, 4.69) is 22.5 Å². The van der Waals surface area contributed by atoms with Gasteiger partial charge in [-0.1, -0.05) is 19.1 Å². The van der Waals surface area contributed by atoms with Crippen LogP contribution < -0.4 is 10.6 Å². The summed E-state index contributed by atoms with van der Waals surface area (Å²) < 4.78 is 0. The highest BCUT2D eigenvalue weighted by Crippen LogP contribution is 2.17. The molecule has 0 aliphatic rings. The fourth-order valence-corrected chi connectivity index (χ4v) is 2.10. The Morgan fingerprint density at radius 3 is 2.62 bits per heavy atom. The van der Waals surface area contributed by atoms with Gasteiger partial charge in [0.25, 0.3) is 5.91 Å². The second kappa shape index (κ2) is 7.43. The molecule has 0 saturated heterocycles. The molecule has 0 fully saturated rings. The van der Waals surface area contributed by atoms with Crippen LogP contribution in [0.4, 0.5) is 5.69 Å². The van der Waals surface area contributed by atoms with Crippen LogP contribution in [-0.2, 0) is 0 Å². The summed E-state index contributed by atoms with van der Waals surface area (Å²) in [4.78, 5) is 16.4. The predicted molar refractivity (Wildman–Crippen MR) is 85.3 cm³/mol. The largest absolute Gasteiger partial charge is 0.384 e. The summed E-state index contributed by atoms with van der Waals surface area (Å²) in [6, 6.07) is 11.3. The van der Waals surface area contributed by atoms with Crippen molar-refractivity contribution in [1.29, 1.82) is 0 Å². The van der Waals surface area contributed by atoms with Crippen LogP contribution in [0.3, 0.4) is 0 Å². The smallest absolute Gasteiger partial charge is 0.253 e. The average molecular weight is 283 g/mol. The molecule has 1 heterocycles. The number of rotatable bonds is 6. The Balaban J connectivity index is 2.10. The molecule has 4 nitrogen and oxygen atoms in total. The molecule has 0 spiro atoms. The lowest BCUT2D eigenvalue weighted by Crippen LogP contribution is -2.27. The number of pyridine rings is 1. The number of benzene rings is 1. The molecule has 0 saturated carbocycles. The van der Waals surface area contributed by atoms with Crippen molar-refractivity contribution in [3.8, 4) is 0 Å². The van der Waals surface area contributed by atoms with Crippen molar-refractivity contribution in [2.75, 3.05) is 11.9 Å². The molecular formula is C17H21N3O. The van der Waals surface area contributed by atoms with Gasteiger partial charge in [0.1, 0.15) is 0 Å². The van der Waals surface area contributed by atoms with Crippen molar-refractivity contribution < 1.29 is 4.79 Å². The molecule has 1 unspecified atom stereocenters. The monoisotopic (exact) mass is 283 g/mol. The molecule has 1 atom stereocenters. The molecule has 0 aliphatic heterocycles. The highest BCUT2D eigenvalue weighted by molar-refractivity contribution is 5.99. The number of anilines is 1. The molecular weight excluding hydrogens is 262 g/mol. The van der Waals surface area contributed by atoms with E-state index in [4.69, 9.17) is 0 Å². The highest BCUT2D eigenvalue weighted by Gasteiger charge is 2.14. The zero-order valence-corrected chi connectivity index (χ0v) is 12.5. The Kier molecular flexibility index (Phi) is 5.32. The molecule has 1 amide bonds. The molecule has 110 valence electrons. The minimum Gasteiger partial charge on any atom is -0.384 e. The fraction of sp³-hybridized carbons (Fsp3) is 0.294. The van der Waals surface area contributed by atoms with Gasteiger partial charge in [-0.05, 0) is 43.2 Å². The van der Waals surface area contributed by atoms with Crippen LogP contribution in [0.2, 0.25) is 0 Å². The van der Waals surface area contributed by atoms with Gasteiger partial charge >= 0.3 is 0 Å². The van der Waals surface area contributed by atoms with Gasteiger partial charge in [-0.2, -0.15) is 0 Å². The third-order valence-corrected chi connectivity index (χ3v) is 3.29. The summed E-state index contributed by atoms with van der Waals surface area (Å²) in [5, 5.41) is 6.31. The highest BCUT2D eigenvalue weighted by atomic mass is 16.1. The minimum absolute atomic E-state index is 0.0558. The summed E-state index contributed by atoms with van der Waals surface area (Å²) in [5.74, 6) is -0.0708. The van der Waals surface area contributed by atoms with Crippen molar-refractivity contribution in [2.24, 2.45) is 0 Å². The second-order valence-electron chi connectivity index (χ2n) is 4.95. The number of hydrogen-bond acceptors (Lipinski definition) is 3. The third kappa shape index (κ3) is 4.05. The van der Waals surface area contributed by atoms with Crippen LogP contribution in [0.25, 0.3) is 0 Å². The first-order chi connectivity index (χ1) is 10.2. The number of nitrogens with one attached hydrogen (secondary N) is 2. The lowest BCUT2D eigenvalue weighted by molar-refractivity contribution is 0.0940. The van der Waals surface area contributed by atoms with E-state index in [0.29, 0.717) is 5.56 Å². The number of nitrogens with zero attached hydrogens (tertiary/aromatic N) is 1. The van der Waals surface area contributed by atoms with Crippen molar-refractivity contribution >= 4 is 11.6 Å². The number of carbonyl (C=O) groups is 1. The predicted octanol–water partition coefficient (Wildman–Crippen LogP) is 3.39. The van der Waals surface area contributed by atoms with Crippen LogP contribution in [0.15, 0.2) is 48.8 Å². The van der Waals surface area contributed by atoms with Crippen molar-refractivity contribution in [3.05, 3.63) is 59.9 Å². The van der Waals surface area contributed by atoms with Gasteiger partial charge in [-0.3, -0.25) is 9.78 Å². The number of para-hydroxylation sites is 1. The average Bonchev–Trinajstić information content (AvgIpc) is 2.54. The van der Waals surface area contributed by atoms with Crippen molar-refractivity contribution in [1.82, 2.24) is 10.3 Å². The second-order valence-corrected chi connectivity index (χ2v) is 4.95. The van der Waals surface area contributed by atoms with Gasteiger partial charge in [0.05, 0.1) is 11.6 Å². The van der Waals surface area contributed by atoms with Gasteiger partial charge in [0.15, 0.2) is 0 Å². The molecule has 1 aromatic heterocycles. The van der Waals surface area contributed by atoms with E-state index >= 15 is 0 Å². The molecule has 4 heteroatoms. The van der Waals surface area contributed by atoms with Crippen LogP contribution in [-0.4, -0.2) is 17.4 Å². The molecule has 0 bridgehead atoms. The molecule has 2 aromatic rings. The fourth-order valence-electron chi connectivity index (χ4n) is 2.10. The first-order valence-electron chi connectivity index (χ1n) is 7.26. The maximum Gasteiger partial charge on any atom is 0.253 e. The van der Waals surface area contributed by atoms with Gasteiger partial charge in [-0.25, -0.2) is 0 Å². The van der Waals surface area contributed by atoms with Crippen LogP contribution >= 0.6 is 0 Å². The molecule has 21 heavy (non-hydrogen) atoms. The zero-order chi connectivity index (χ0) is 15.1. The Bertz CT molecular complexity index is 584. The third-order valence-electron chi connectivity index (χ3n) is 3.29. The van der Waals surface area contributed by atoms with Crippen LogP contribution in [0.5, 0.6) is 0 Å². The number of amides is 1. The number of hydrogen-bond donors (Lipinski definition) is 2. The molecule has 0 aliphatic carbocycles. The van der Waals surface area contributed by atoms with Gasteiger partial charge in [0, 0.05) is 24.6 Å². The lowest BCUT2D eigenvalue weighted by Gasteiger charge is -2.16. The molecule has 2 rings (SSSR count). The first kappa shape index (κ1) is 15.0. The topological polar surface area (TPSA) is 54.0 Å². The zero-order valence-electron chi connectivity index (χ0n) is 12.5. The van der Waals surface area contributed by atoms with E-state index in [1.165, 1.54) is 0 Å². The van der Waals surface area contributed by atoms with E-state index in [-0.39, 0.29) is 11.9 Å². The Morgan fingerprint density at radius 2 is 1.90 bits per heavy atom. The van der Waals surface area contributed by atoms with Gasteiger partial charge in [-0.15, -0.1) is 0 Å². The molecule has 2 N–H and O–H groups in total. The Hall–Kier alpha value is -2.36. The Morgan fingerprint density at radius 1 is 1.19 bits per heavy atom. The van der Waals surface area contributed by atoms with Crippen molar-refractivity contribution in [3.63, 3.8) is 0 Å². The van der Waals surface area contributed by atoms with E-state index < -0.39 is 0 Å². The summed E-state index contributed by atoms with van der Waals surface area (Å²) in [6.45, 7) is 4.92. The van der Waals surface area contributed by atoms with Gasteiger partial charge < -0.3 is 10.6 Å². The summed E-state index contributed by atoms with van der Waals surface area (Å²) in [7, 11) is 0. The first-order valence-corrected chi connectivity index (χ1v) is 7.26. The number of carbonyl (C=O) groups excluding carboxylic acids is 1. The summed E-state index contributed by atoms with van der Waals surface area (Å²) in [6.07, 6.45) is 4.48. The van der Waals surface area contributed by atoms with E-state index in [9.17, 15) is 4.79 Å². The van der Waals surface area contributed by atoms with Crippen molar-refractivity contribution in [2.45, 2.75) is 26.3 Å². The minimum atomic E-state index is -0.0708. The number of aromatic nitrogens is 1. The normalized spacial score (nSPS) is 11.7. The van der Waals surface area contributed by atoms with Crippen LogP contribution in [0, 0.1) is 0 Å². The maximum absolute atomic E-state index is 12.4.